The second kappa shape index (κ2) is 8.57. The molecule has 1 fully saturated rings. The number of carboxylic acids is 1. The Bertz CT molecular complexity index is 835. The highest BCUT2D eigenvalue weighted by atomic mass is 32.2. The van der Waals surface area contributed by atoms with Crippen LogP contribution in [0.4, 0.5) is 5.82 Å². The van der Waals surface area contributed by atoms with Gasteiger partial charge in [-0.2, -0.15) is 0 Å². The van der Waals surface area contributed by atoms with Gasteiger partial charge in [-0.3, -0.25) is 9.36 Å². The summed E-state index contributed by atoms with van der Waals surface area (Å²) >= 11 is 0. The topological polar surface area (TPSA) is 183 Å². The van der Waals surface area contributed by atoms with E-state index in [-0.39, 0.29) is 16.7 Å². The monoisotopic (exact) mass is 413 g/mol. The number of carbonyl (C=O) groups is 1. The van der Waals surface area contributed by atoms with E-state index in [4.69, 9.17) is 21.3 Å². The first-order valence-corrected chi connectivity index (χ1v) is 10.6. The molecule has 0 amide bonds. The Labute approximate surface area is 164 Å². The molecule has 3 unspecified atom stereocenters. The lowest BCUT2D eigenvalue weighted by molar-refractivity contribution is -0.138. The summed E-state index contributed by atoms with van der Waals surface area (Å²) in [5, 5.41) is 29.9. The fourth-order valence-corrected chi connectivity index (χ4v) is 5.17. The van der Waals surface area contributed by atoms with Crippen LogP contribution in [0, 0.1) is 0 Å². The van der Waals surface area contributed by atoms with Crippen molar-refractivity contribution in [2.75, 3.05) is 23.0 Å². The van der Waals surface area contributed by atoms with Crippen molar-refractivity contribution < 1.29 is 24.9 Å². The number of aliphatic hydroxyl groups is 2. The number of anilines is 1. The molecule has 3 rings (SSSR count). The van der Waals surface area contributed by atoms with Gasteiger partial charge in [0.25, 0.3) is 0 Å². The number of nitrogens with two attached hydrogens (primary N) is 2. The van der Waals surface area contributed by atoms with Gasteiger partial charge in [-0.25, -0.2) is 15.0 Å². The molecule has 0 bridgehead atoms. The molecule has 2 aromatic rings. The molecule has 1 aliphatic heterocycles. The number of imidazole rings is 1. The lowest BCUT2D eigenvalue weighted by Gasteiger charge is -2.16. The van der Waals surface area contributed by atoms with Crippen LogP contribution >= 0.6 is 0 Å². The van der Waals surface area contributed by atoms with Crippen LogP contribution in [0.15, 0.2) is 12.7 Å². The van der Waals surface area contributed by atoms with Crippen molar-refractivity contribution in [1.82, 2.24) is 19.5 Å². The van der Waals surface area contributed by atoms with Gasteiger partial charge in [-0.05, 0) is 17.8 Å². The molecule has 11 nitrogen and oxygen atoms in total. The molecule has 7 N–H and O–H groups in total. The lowest BCUT2D eigenvalue weighted by Crippen LogP contribution is -2.38. The largest absolute Gasteiger partial charge is 0.480 e. The van der Waals surface area contributed by atoms with Crippen LogP contribution in [0.1, 0.15) is 19.6 Å². The van der Waals surface area contributed by atoms with Crippen molar-refractivity contribution in [1.29, 1.82) is 0 Å². The van der Waals surface area contributed by atoms with E-state index in [2.05, 4.69) is 15.0 Å². The summed E-state index contributed by atoms with van der Waals surface area (Å²) in [6, 6.07) is -0.906. The van der Waals surface area contributed by atoms with Crippen LogP contribution in [0.5, 0.6) is 0 Å². The van der Waals surface area contributed by atoms with Gasteiger partial charge in [0.15, 0.2) is 17.7 Å². The maximum atomic E-state index is 10.9. The fraction of sp³-hybridized carbons (Fsp3) is 0.625. The number of hydrogen-bond acceptors (Lipinski definition) is 9. The Morgan fingerprint density at radius 1 is 1.36 bits per heavy atom. The number of aliphatic carboxylic acids is 1. The minimum Gasteiger partial charge on any atom is -0.480 e. The van der Waals surface area contributed by atoms with Gasteiger partial charge in [0.05, 0.1) is 6.33 Å². The molecule has 0 aliphatic carbocycles. The molecule has 0 spiro atoms. The van der Waals surface area contributed by atoms with E-state index in [0.29, 0.717) is 29.1 Å². The van der Waals surface area contributed by atoms with Crippen LogP contribution in [-0.2, 0) is 20.4 Å². The van der Waals surface area contributed by atoms with Gasteiger partial charge < -0.3 is 31.5 Å². The molecule has 28 heavy (non-hydrogen) atoms. The van der Waals surface area contributed by atoms with E-state index < -0.39 is 36.6 Å². The molecule has 12 heteroatoms. The Balaban J connectivity index is 1.71. The molecule has 3 heterocycles. The number of hydrogen-bond donors (Lipinski definition) is 5. The van der Waals surface area contributed by atoms with Crippen LogP contribution in [0.2, 0.25) is 0 Å². The number of ether oxygens (including phenoxy) is 1. The number of carboxylic acid groups (broad SMARTS) is 1. The average Bonchev–Trinajstić information content (AvgIpc) is 3.21. The van der Waals surface area contributed by atoms with Crippen LogP contribution < -0.4 is 11.5 Å². The summed E-state index contributed by atoms with van der Waals surface area (Å²) in [6.07, 6.45) is -0.610. The Morgan fingerprint density at radius 3 is 2.79 bits per heavy atom. The number of aromatic nitrogens is 4. The van der Waals surface area contributed by atoms with Crippen LogP contribution in [-0.4, -0.2) is 82.4 Å². The standard InChI is InChI=1S/C16H24N6O5S/c1-2-28(4-3-8(17)16(25)26)5-9-11(23)12(24)15(27-9)22-7-21-10-13(18)19-6-20-14(10)22/h6-9,11-12,15,23-24H,2-5,17H2,1H3,(H2-,18,19,20,25,26)/p+1/t8-,9+,11?,12?,15+,28?/m0/s1. The second-order valence-electron chi connectivity index (χ2n) is 6.63. The molecular weight excluding hydrogens is 388 g/mol. The maximum Gasteiger partial charge on any atom is 0.320 e. The highest BCUT2D eigenvalue weighted by molar-refractivity contribution is 7.96. The third kappa shape index (κ3) is 4.05. The van der Waals surface area contributed by atoms with E-state index in [9.17, 15) is 15.0 Å². The zero-order chi connectivity index (χ0) is 20.4. The zero-order valence-electron chi connectivity index (χ0n) is 15.4. The van der Waals surface area contributed by atoms with Crippen molar-refractivity contribution in [2.24, 2.45) is 5.73 Å². The summed E-state index contributed by atoms with van der Waals surface area (Å²) < 4.78 is 7.48. The summed E-state index contributed by atoms with van der Waals surface area (Å²) in [5.74, 6) is 1.12. The molecule has 1 saturated heterocycles. The summed E-state index contributed by atoms with van der Waals surface area (Å²) in [7, 11) is -0.196. The molecule has 0 saturated carbocycles. The van der Waals surface area contributed by atoms with Crippen molar-refractivity contribution in [2.45, 2.75) is 43.9 Å². The van der Waals surface area contributed by atoms with Crippen LogP contribution in [0.3, 0.4) is 0 Å². The van der Waals surface area contributed by atoms with E-state index >= 15 is 0 Å². The predicted octanol–water partition coefficient (Wildman–Crippen LogP) is -1.53. The second-order valence-corrected chi connectivity index (χ2v) is 9.18. The fourth-order valence-electron chi connectivity index (χ4n) is 3.15. The van der Waals surface area contributed by atoms with Crippen LogP contribution in [0.25, 0.3) is 11.2 Å². The third-order valence-corrected chi connectivity index (χ3v) is 7.27. The van der Waals surface area contributed by atoms with Gasteiger partial charge in [0.2, 0.25) is 0 Å². The van der Waals surface area contributed by atoms with Gasteiger partial charge in [-0.1, -0.05) is 0 Å². The third-order valence-electron chi connectivity index (χ3n) is 4.84. The Hall–Kier alpha value is -1.99. The van der Waals surface area contributed by atoms with E-state index in [0.717, 1.165) is 5.75 Å². The summed E-state index contributed by atoms with van der Waals surface area (Å²) in [4.78, 5) is 23.1. The smallest absolute Gasteiger partial charge is 0.320 e. The zero-order valence-corrected chi connectivity index (χ0v) is 16.2. The van der Waals surface area contributed by atoms with E-state index in [1.165, 1.54) is 17.2 Å². The number of nitrogens with zero attached hydrogens (tertiary/aromatic N) is 4. The van der Waals surface area contributed by atoms with Gasteiger partial charge in [-0.15, -0.1) is 0 Å². The minimum absolute atomic E-state index is 0.196. The Morgan fingerprint density at radius 2 is 2.11 bits per heavy atom. The molecule has 0 aromatic carbocycles. The van der Waals surface area contributed by atoms with Crippen molar-refractivity contribution in [3.05, 3.63) is 12.7 Å². The first-order valence-electron chi connectivity index (χ1n) is 8.90. The maximum absolute atomic E-state index is 10.9. The van der Waals surface area contributed by atoms with Gasteiger partial charge in [0, 0.05) is 6.42 Å². The van der Waals surface area contributed by atoms with Crippen molar-refractivity contribution >= 4 is 33.8 Å². The molecule has 154 valence electrons. The highest BCUT2D eigenvalue weighted by Crippen LogP contribution is 2.32. The number of nitrogen functional groups attached to an aromatic ring is 1. The first-order chi connectivity index (χ1) is 13.3. The summed E-state index contributed by atoms with van der Waals surface area (Å²) in [6.45, 7) is 1.99. The minimum atomic E-state index is -1.16. The number of fused-ring (bicyclic) bond motifs is 1. The quantitative estimate of drug-likeness (QED) is 0.318. The molecule has 6 atom stereocenters. The molecule has 0 radical (unpaired) electrons. The number of rotatable bonds is 8. The van der Waals surface area contributed by atoms with E-state index in [1.807, 2.05) is 6.92 Å². The predicted molar refractivity (Wildman–Crippen MR) is 104 cm³/mol. The Kier molecular flexibility index (Phi) is 6.35. The normalized spacial score (nSPS) is 27.1. The van der Waals surface area contributed by atoms with E-state index in [1.54, 1.807) is 0 Å². The summed E-state index contributed by atoms with van der Waals surface area (Å²) in [5.41, 5.74) is 12.2. The van der Waals surface area contributed by atoms with Gasteiger partial charge >= 0.3 is 5.97 Å². The highest BCUT2D eigenvalue weighted by Gasteiger charge is 2.47. The number of aliphatic hydroxyl groups excluding tert-OH is 2. The first kappa shape index (κ1) is 20.7. The van der Waals surface area contributed by atoms with Crippen molar-refractivity contribution in [3.8, 4) is 0 Å². The molecule has 2 aromatic heterocycles. The molecule has 1 aliphatic rings. The molecular formula is C16H25N6O5S+. The van der Waals surface area contributed by atoms with Crippen molar-refractivity contribution in [3.63, 3.8) is 0 Å². The average molecular weight is 413 g/mol. The van der Waals surface area contributed by atoms with Gasteiger partial charge in [0.1, 0.15) is 53.5 Å². The lowest BCUT2D eigenvalue weighted by atomic mass is 10.1. The SMILES string of the molecule is CC[S+](CC[C@H](N)C(=O)O)C[C@H]1O[C@@H](n2cnc3c(N)ncnc32)C(O)C1O.